The number of benzene rings is 2. The van der Waals surface area contributed by atoms with Crippen LogP contribution in [-0.4, -0.2) is 30.7 Å². The number of likely N-dealkylation sites (N-methyl/N-ethyl adjacent to an activating group) is 1. The molecule has 1 aliphatic heterocycles. The van der Waals surface area contributed by atoms with Gasteiger partial charge in [0.2, 0.25) is 0 Å². The van der Waals surface area contributed by atoms with Crippen molar-refractivity contribution >= 4 is 11.5 Å². The molecule has 0 bridgehead atoms. The van der Waals surface area contributed by atoms with Gasteiger partial charge in [0.15, 0.2) is 17.4 Å². The first kappa shape index (κ1) is 19.9. The zero-order chi connectivity index (χ0) is 21.0. The van der Waals surface area contributed by atoms with Crippen molar-refractivity contribution in [3.63, 3.8) is 0 Å². The van der Waals surface area contributed by atoms with Crippen LogP contribution < -0.4 is 21.5 Å². The number of hydrazone groups is 1. The van der Waals surface area contributed by atoms with Gasteiger partial charge in [-0.05, 0) is 23.8 Å². The Bertz CT molecular complexity index is 1010. The molecule has 0 spiro atoms. The number of hydrogen-bond acceptors (Lipinski definition) is 6. The first-order valence-corrected chi connectivity index (χ1v) is 8.88. The van der Waals surface area contributed by atoms with Crippen LogP contribution in [0.25, 0.3) is 0 Å². The van der Waals surface area contributed by atoms with E-state index in [4.69, 9.17) is 16.2 Å². The quantitative estimate of drug-likeness (QED) is 0.698. The number of halogens is 1. The molecule has 0 atom stereocenters. The predicted octanol–water partition coefficient (Wildman–Crippen LogP) is 2.27. The summed E-state index contributed by atoms with van der Waals surface area (Å²) in [7, 11) is 3.12. The van der Waals surface area contributed by atoms with Crippen LogP contribution in [0.4, 0.5) is 4.39 Å². The van der Waals surface area contributed by atoms with Gasteiger partial charge in [0.05, 0.1) is 12.7 Å². The highest BCUT2D eigenvalue weighted by atomic mass is 19.1. The highest BCUT2D eigenvalue weighted by molar-refractivity contribution is 6.32. The van der Waals surface area contributed by atoms with E-state index in [9.17, 15) is 4.39 Å². The van der Waals surface area contributed by atoms with E-state index >= 15 is 0 Å². The second kappa shape index (κ2) is 8.47. The van der Waals surface area contributed by atoms with Crippen molar-refractivity contribution in [3.8, 4) is 5.75 Å². The minimum Gasteiger partial charge on any atom is -0.494 e. The van der Waals surface area contributed by atoms with Crippen molar-refractivity contribution in [1.82, 2.24) is 10.3 Å². The Morgan fingerprint density at radius 1 is 1.24 bits per heavy atom. The highest BCUT2D eigenvalue weighted by Crippen LogP contribution is 2.25. The molecule has 0 saturated carbocycles. The molecule has 29 heavy (non-hydrogen) atoms. The van der Waals surface area contributed by atoms with Crippen molar-refractivity contribution < 1.29 is 9.13 Å². The number of nitrogens with one attached hydrogen (secondary N) is 1. The SMILES string of the molecule is C=C(N)/N=C1\C(=C(/N)NCc2ccccc2)C(c2ccc(OC)c(F)c2)=NN1C. The monoisotopic (exact) mass is 394 g/mol. The molecule has 5 N–H and O–H groups in total. The topological polar surface area (TPSA) is 101 Å². The van der Waals surface area contributed by atoms with E-state index < -0.39 is 5.82 Å². The molecule has 0 aliphatic carbocycles. The first-order chi connectivity index (χ1) is 13.9. The zero-order valence-electron chi connectivity index (χ0n) is 16.3. The summed E-state index contributed by atoms with van der Waals surface area (Å²) in [6.45, 7) is 4.13. The van der Waals surface area contributed by atoms with Crippen LogP contribution in [0, 0.1) is 5.82 Å². The fourth-order valence-corrected chi connectivity index (χ4v) is 2.92. The Kier molecular flexibility index (Phi) is 5.82. The molecule has 0 saturated heterocycles. The van der Waals surface area contributed by atoms with Crippen LogP contribution in [0.2, 0.25) is 0 Å². The molecule has 3 rings (SSSR count). The fraction of sp³-hybridized carbons (Fsp3) is 0.143. The maximum Gasteiger partial charge on any atom is 0.165 e. The van der Waals surface area contributed by atoms with Crippen LogP contribution >= 0.6 is 0 Å². The second-order valence-corrected chi connectivity index (χ2v) is 6.38. The molecule has 7 nitrogen and oxygen atoms in total. The number of amidine groups is 1. The van der Waals surface area contributed by atoms with E-state index in [1.807, 2.05) is 30.3 Å². The summed E-state index contributed by atoms with van der Waals surface area (Å²) in [5, 5.41) is 9.20. The van der Waals surface area contributed by atoms with Crippen molar-refractivity contribution in [1.29, 1.82) is 0 Å². The van der Waals surface area contributed by atoms with Gasteiger partial charge >= 0.3 is 0 Å². The Balaban J connectivity index is 2.02. The van der Waals surface area contributed by atoms with Gasteiger partial charge in [0.1, 0.15) is 17.4 Å². The van der Waals surface area contributed by atoms with E-state index in [2.05, 4.69) is 22.0 Å². The molecule has 8 heteroatoms. The number of nitrogens with two attached hydrogens (primary N) is 2. The largest absolute Gasteiger partial charge is 0.494 e. The van der Waals surface area contributed by atoms with Crippen LogP contribution in [-0.2, 0) is 6.54 Å². The third-order valence-corrected chi connectivity index (χ3v) is 4.29. The Morgan fingerprint density at radius 3 is 2.59 bits per heavy atom. The molecular formula is C21H23FN6O. The summed E-state index contributed by atoms with van der Waals surface area (Å²) < 4.78 is 19.3. The highest BCUT2D eigenvalue weighted by Gasteiger charge is 2.30. The summed E-state index contributed by atoms with van der Waals surface area (Å²) in [5.74, 6) is 0.511. The van der Waals surface area contributed by atoms with Crippen LogP contribution in [0.15, 0.2) is 82.4 Å². The first-order valence-electron chi connectivity index (χ1n) is 8.88. The average Bonchev–Trinajstić information content (AvgIpc) is 3.02. The average molecular weight is 394 g/mol. The third kappa shape index (κ3) is 4.37. The number of ether oxygens (including phenoxy) is 1. The number of aliphatic imine (C=N–C) groups is 1. The van der Waals surface area contributed by atoms with Crippen LogP contribution in [0.1, 0.15) is 11.1 Å². The molecule has 0 aromatic heterocycles. The minimum atomic E-state index is -0.501. The Morgan fingerprint density at radius 2 is 1.97 bits per heavy atom. The molecule has 0 unspecified atom stereocenters. The number of methoxy groups -OCH3 is 1. The van der Waals surface area contributed by atoms with Gasteiger partial charge in [-0.3, -0.25) is 0 Å². The number of rotatable bonds is 6. The summed E-state index contributed by atoms with van der Waals surface area (Å²) in [6, 6.07) is 14.4. The molecule has 2 aromatic rings. The second-order valence-electron chi connectivity index (χ2n) is 6.38. The number of nitrogens with zero attached hydrogens (tertiary/aromatic N) is 3. The van der Waals surface area contributed by atoms with Crippen LogP contribution in [0.5, 0.6) is 5.75 Å². The lowest BCUT2D eigenvalue weighted by Crippen LogP contribution is -2.29. The molecule has 1 heterocycles. The molecule has 1 aliphatic rings. The van der Waals surface area contributed by atoms with Crippen molar-refractivity contribution in [2.45, 2.75) is 6.54 Å². The van der Waals surface area contributed by atoms with Crippen molar-refractivity contribution in [3.05, 3.63) is 89.3 Å². The van der Waals surface area contributed by atoms with Gasteiger partial charge in [-0.25, -0.2) is 14.4 Å². The molecule has 0 fully saturated rings. The van der Waals surface area contributed by atoms with Gasteiger partial charge in [0, 0.05) is 19.2 Å². The van der Waals surface area contributed by atoms with Gasteiger partial charge in [-0.2, -0.15) is 5.10 Å². The lowest BCUT2D eigenvalue weighted by atomic mass is 10.0. The summed E-state index contributed by atoms with van der Waals surface area (Å²) >= 11 is 0. The van der Waals surface area contributed by atoms with Crippen molar-refractivity contribution in [2.24, 2.45) is 21.6 Å². The predicted molar refractivity (Wildman–Crippen MR) is 113 cm³/mol. The van der Waals surface area contributed by atoms with Gasteiger partial charge < -0.3 is 21.5 Å². The summed E-state index contributed by atoms with van der Waals surface area (Å²) in [6.07, 6.45) is 0. The molecule has 150 valence electrons. The maximum absolute atomic E-state index is 14.3. The summed E-state index contributed by atoms with van der Waals surface area (Å²) in [4.78, 5) is 4.26. The molecular weight excluding hydrogens is 371 g/mol. The van der Waals surface area contributed by atoms with Gasteiger partial charge in [0.25, 0.3) is 0 Å². The smallest absolute Gasteiger partial charge is 0.165 e. The van der Waals surface area contributed by atoms with Gasteiger partial charge in [-0.1, -0.05) is 36.9 Å². The van der Waals surface area contributed by atoms with E-state index in [1.165, 1.54) is 24.3 Å². The van der Waals surface area contributed by atoms with Gasteiger partial charge in [-0.15, -0.1) is 0 Å². The molecule has 0 amide bonds. The minimum absolute atomic E-state index is 0.109. The van der Waals surface area contributed by atoms with E-state index in [1.54, 1.807) is 13.1 Å². The Labute approximate surface area is 168 Å². The van der Waals surface area contributed by atoms with Crippen LogP contribution in [0.3, 0.4) is 0 Å². The van der Waals surface area contributed by atoms with E-state index in [-0.39, 0.29) is 11.6 Å². The van der Waals surface area contributed by atoms with E-state index in [0.717, 1.165) is 5.56 Å². The zero-order valence-corrected chi connectivity index (χ0v) is 16.3. The number of hydrogen-bond donors (Lipinski definition) is 3. The maximum atomic E-state index is 14.3. The standard InChI is InChI=1S/C21H23FN6O/c1-13(23)26-21-18(20(24)25-12-14-7-5-4-6-8-14)19(27-28(21)2)15-9-10-17(29-3)16(22)11-15/h4-11,25H,1,12,23-24H2,2-3H3/b20-18+,26-21+. The van der Waals surface area contributed by atoms with E-state index in [0.29, 0.717) is 35.0 Å². The lowest BCUT2D eigenvalue weighted by molar-refractivity contribution is 0.386. The molecule has 0 radical (unpaired) electrons. The third-order valence-electron chi connectivity index (χ3n) is 4.29. The normalized spacial score (nSPS) is 16.6. The Hall–Kier alpha value is -3.81. The lowest BCUT2D eigenvalue weighted by Gasteiger charge is -2.14. The fourth-order valence-electron chi connectivity index (χ4n) is 2.92. The molecule has 2 aromatic carbocycles. The van der Waals surface area contributed by atoms with Crippen molar-refractivity contribution in [2.75, 3.05) is 14.2 Å². The summed E-state index contributed by atoms with van der Waals surface area (Å²) in [5.41, 5.74) is 14.6.